The molecule has 1 aliphatic heterocycles. The lowest BCUT2D eigenvalue weighted by Gasteiger charge is -2.13. The predicted octanol–water partition coefficient (Wildman–Crippen LogP) is 2.30. The van der Waals surface area contributed by atoms with Gasteiger partial charge < -0.3 is 20.5 Å². The molecule has 6 heteroatoms. The van der Waals surface area contributed by atoms with E-state index >= 15 is 0 Å². The third-order valence-corrected chi connectivity index (χ3v) is 3.15. The zero-order valence-corrected chi connectivity index (χ0v) is 10.6. The highest BCUT2D eigenvalue weighted by Gasteiger charge is 2.26. The lowest BCUT2D eigenvalue weighted by Crippen LogP contribution is -2.27. The van der Waals surface area contributed by atoms with Gasteiger partial charge in [-0.3, -0.25) is 0 Å². The van der Waals surface area contributed by atoms with Crippen molar-refractivity contribution >= 4 is 23.4 Å². The minimum atomic E-state index is -0.871. The number of nitrogens with zero attached hydrogens (tertiary/aromatic N) is 1. The lowest BCUT2D eigenvalue weighted by atomic mass is 10.1. The highest BCUT2D eigenvalue weighted by atomic mass is 35.5. The molecule has 1 aliphatic rings. The smallest absolute Gasteiger partial charge is 0.407 e. The summed E-state index contributed by atoms with van der Waals surface area (Å²) in [6, 6.07) is 5.05. The van der Waals surface area contributed by atoms with Crippen LogP contribution in [0.3, 0.4) is 0 Å². The Labute approximate surface area is 110 Å². The Balaban J connectivity index is 1.87. The van der Waals surface area contributed by atoms with Gasteiger partial charge in [-0.05, 0) is 18.6 Å². The van der Waals surface area contributed by atoms with Gasteiger partial charge in [-0.2, -0.15) is 0 Å². The van der Waals surface area contributed by atoms with E-state index in [2.05, 4.69) is 0 Å². The zero-order chi connectivity index (χ0) is 13.1. The van der Waals surface area contributed by atoms with Gasteiger partial charge in [-0.25, -0.2) is 4.79 Å². The summed E-state index contributed by atoms with van der Waals surface area (Å²) in [5, 5.41) is 9.37. The van der Waals surface area contributed by atoms with Gasteiger partial charge in [0.2, 0.25) is 0 Å². The van der Waals surface area contributed by atoms with Crippen molar-refractivity contribution in [3.8, 4) is 5.75 Å². The van der Waals surface area contributed by atoms with Crippen molar-refractivity contribution in [2.45, 2.75) is 6.42 Å². The molecule has 18 heavy (non-hydrogen) atoms. The average molecular weight is 271 g/mol. The van der Waals surface area contributed by atoms with E-state index in [0.29, 0.717) is 36.2 Å². The summed E-state index contributed by atoms with van der Waals surface area (Å²) in [7, 11) is 0. The second kappa shape index (κ2) is 5.35. The van der Waals surface area contributed by atoms with Crippen molar-refractivity contribution in [3.63, 3.8) is 0 Å². The average Bonchev–Trinajstić information content (AvgIpc) is 2.73. The Bertz CT molecular complexity index is 433. The van der Waals surface area contributed by atoms with Crippen molar-refractivity contribution in [1.29, 1.82) is 0 Å². The SMILES string of the molecule is Nc1cc(Cl)cc(OCC2CCN(C(=O)O)C2)c1. The second-order valence-electron chi connectivity index (χ2n) is 4.41. The normalized spacial score (nSPS) is 18.9. The first kappa shape index (κ1) is 12.8. The van der Waals surface area contributed by atoms with Crippen LogP contribution in [-0.4, -0.2) is 35.8 Å². The molecule has 3 N–H and O–H groups in total. The van der Waals surface area contributed by atoms with E-state index < -0.39 is 6.09 Å². The topological polar surface area (TPSA) is 75.8 Å². The largest absolute Gasteiger partial charge is 0.493 e. The Morgan fingerprint density at radius 1 is 1.56 bits per heavy atom. The Kier molecular flexibility index (Phi) is 3.81. The number of rotatable bonds is 3. The van der Waals surface area contributed by atoms with Crippen LogP contribution in [-0.2, 0) is 0 Å². The van der Waals surface area contributed by atoms with Crippen LogP contribution in [0.15, 0.2) is 18.2 Å². The first-order valence-electron chi connectivity index (χ1n) is 5.71. The van der Waals surface area contributed by atoms with Crippen LogP contribution in [0.25, 0.3) is 0 Å². The molecule has 0 aliphatic carbocycles. The molecule has 1 fully saturated rings. The third-order valence-electron chi connectivity index (χ3n) is 2.94. The monoisotopic (exact) mass is 270 g/mol. The van der Waals surface area contributed by atoms with Gasteiger partial charge in [-0.15, -0.1) is 0 Å². The van der Waals surface area contributed by atoms with Gasteiger partial charge in [0.25, 0.3) is 0 Å². The maximum atomic E-state index is 10.8. The Hall–Kier alpha value is -1.62. The van der Waals surface area contributed by atoms with Gasteiger partial charge in [0.15, 0.2) is 0 Å². The fraction of sp³-hybridized carbons (Fsp3) is 0.417. The number of anilines is 1. The van der Waals surface area contributed by atoms with Crippen LogP contribution in [0.5, 0.6) is 5.75 Å². The van der Waals surface area contributed by atoms with Gasteiger partial charge in [0, 0.05) is 35.8 Å². The number of carboxylic acid groups (broad SMARTS) is 1. The summed E-state index contributed by atoms with van der Waals surface area (Å²) in [4.78, 5) is 12.2. The molecule has 2 rings (SSSR count). The minimum absolute atomic E-state index is 0.223. The van der Waals surface area contributed by atoms with E-state index in [-0.39, 0.29) is 5.92 Å². The molecule has 0 saturated carbocycles. The summed E-state index contributed by atoms with van der Waals surface area (Å²) in [6.07, 6.45) is -0.0491. The molecular formula is C12H15ClN2O3. The van der Waals surface area contributed by atoms with Crippen LogP contribution in [0.4, 0.5) is 10.5 Å². The maximum Gasteiger partial charge on any atom is 0.407 e. The molecule has 0 aromatic heterocycles. The second-order valence-corrected chi connectivity index (χ2v) is 4.85. The van der Waals surface area contributed by atoms with Gasteiger partial charge in [0.1, 0.15) is 5.75 Å². The molecule has 1 heterocycles. The number of benzene rings is 1. The van der Waals surface area contributed by atoms with Gasteiger partial charge in [-0.1, -0.05) is 11.6 Å². The van der Waals surface area contributed by atoms with Gasteiger partial charge >= 0.3 is 6.09 Å². The molecule has 98 valence electrons. The summed E-state index contributed by atoms with van der Waals surface area (Å²) in [5.41, 5.74) is 6.21. The number of amides is 1. The molecule has 0 bridgehead atoms. The van der Waals surface area contributed by atoms with Crippen LogP contribution >= 0.6 is 11.6 Å². The molecule has 1 saturated heterocycles. The van der Waals surface area contributed by atoms with E-state index in [1.54, 1.807) is 18.2 Å². The van der Waals surface area contributed by atoms with Crippen molar-refractivity contribution in [2.75, 3.05) is 25.4 Å². The van der Waals surface area contributed by atoms with Crippen molar-refractivity contribution in [2.24, 2.45) is 5.92 Å². The maximum absolute atomic E-state index is 10.8. The predicted molar refractivity (Wildman–Crippen MR) is 69.1 cm³/mol. The molecule has 1 amide bonds. The number of hydrogen-bond acceptors (Lipinski definition) is 3. The zero-order valence-electron chi connectivity index (χ0n) is 9.80. The molecule has 1 unspecified atom stereocenters. The van der Waals surface area contributed by atoms with E-state index in [4.69, 9.17) is 27.2 Å². The minimum Gasteiger partial charge on any atom is -0.493 e. The van der Waals surface area contributed by atoms with Crippen LogP contribution < -0.4 is 10.5 Å². The first-order valence-corrected chi connectivity index (χ1v) is 6.09. The van der Waals surface area contributed by atoms with E-state index in [0.717, 1.165) is 6.42 Å². The summed E-state index contributed by atoms with van der Waals surface area (Å²) in [5.74, 6) is 0.843. The number of nitrogen functional groups attached to an aromatic ring is 1. The molecular weight excluding hydrogens is 256 g/mol. The molecule has 1 aromatic carbocycles. The van der Waals surface area contributed by atoms with E-state index in [1.807, 2.05) is 0 Å². The number of ether oxygens (including phenoxy) is 1. The fourth-order valence-corrected chi connectivity index (χ4v) is 2.26. The molecule has 5 nitrogen and oxygen atoms in total. The Morgan fingerprint density at radius 3 is 2.94 bits per heavy atom. The number of nitrogens with two attached hydrogens (primary N) is 1. The number of carbonyl (C=O) groups is 1. The molecule has 0 spiro atoms. The molecule has 0 radical (unpaired) electrons. The quantitative estimate of drug-likeness (QED) is 0.827. The highest BCUT2D eigenvalue weighted by Crippen LogP contribution is 2.24. The Morgan fingerprint density at radius 2 is 2.33 bits per heavy atom. The number of halogens is 1. The lowest BCUT2D eigenvalue weighted by molar-refractivity contribution is 0.151. The molecule has 1 aromatic rings. The standard InChI is InChI=1S/C12H15ClN2O3/c13-9-3-10(14)5-11(4-9)18-7-8-1-2-15(6-8)12(16)17/h3-5,8H,1-2,6-7,14H2,(H,16,17). The third kappa shape index (κ3) is 3.20. The summed E-state index contributed by atoms with van der Waals surface area (Å²) < 4.78 is 5.60. The van der Waals surface area contributed by atoms with Crippen LogP contribution in [0.2, 0.25) is 5.02 Å². The highest BCUT2D eigenvalue weighted by molar-refractivity contribution is 6.31. The summed E-state index contributed by atoms with van der Waals surface area (Å²) >= 11 is 5.86. The molecule has 1 atom stereocenters. The fourth-order valence-electron chi connectivity index (χ4n) is 2.02. The number of hydrogen-bond donors (Lipinski definition) is 2. The van der Waals surface area contributed by atoms with Crippen molar-refractivity contribution in [1.82, 2.24) is 4.90 Å². The van der Waals surface area contributed by atoms with E-state index in [1.165, 1.54) is 4.90 Å². The summed E-state index contributed by atoms with van der Waals surface area (Å²) in [6.45, 7) is 1.57. The van der Waals surface area contributed by atoms with Crippen molar-refractivity contribution < 1.29 is 14.6 Å². The van der Waals surface area contributed by atoms with E-state index in [9.17, 15) is 4.79 Å². The number of likely N-dealkylation sites (tertiary alicyclic amines) is 1. The van der Waals surface area contributed by atoms with Gasteiger partial charge in [0.05, 0.1) is 6.61 Å². The van der Waals surface area contributed by atoms with Crippen molar-refractivity contribution in [3.05, 3.63) is 23.2 Å². The van der Waals surface area contributed by atoms with Crippen LogP contribution in [0.1, 0.15) is 6.42 Å². The first-order chi connectivity index (χ1) is 8.54. The van der Waals surface area contributed by atoms with Crippen LogP contribution in [0, 0.1) is 5.92 Å².